The van der Waals surface area contributed by atoms with Crippen molar-refractivity contribution >= 4 is 11.6 Å². The molecule has 1 unspecified atom stereocenters. The summed E-state index contributed by atoms with van der Waals surface area (Å²) < 4.78 is 52.0. The van der Waals surface area contributed by atoms with E-state index >= 15 is 0 Å². The molecule has 1 heterocycles. The van der Waals surface area contributed by atoms with Gasteiger partial charge in [0.2, 0.25) is 0 Å². The number of hydrogen-bond acceptors (Lipinski definition) is 4. The predicted molar refractivity (Wildman–Crippen MR) is 87.3 cm³/mol. The molecular formula is C18H14F4N2O3. The SMILES string of the molecule is O=C(NCc1cccc(C2=NOC(O)(C(F)(F)F)C2)c1)c1ccccc1F. The summed E-state index contributed by atoms with van der Waals surface area (Å²) in [7, 11) is 0. The van der Waals surface area contributed by atoms with Crippen LogP contribution in [0.3, 0.4) is 0 Å². The Morgan fingerprint density at radius 2 is 1.96 bits per heavy atom. The first-order chi connectivity index (χ1) is 12.7. The molecule has 0 fully saturated rings. The van der Waals surface area contributed by atoms with Crippen molar-refractivity contribution in [3.05, 3.63) is 71.0 Å². The number of oxime groups is 1. The van der Waals surface area contributed by atoms with Gasteiger partial charge in [-0.05, 0) is 29.3 Å². The van der Waals surface area contributed by atoms with Crippen LogP contribution in [0.5, 0.6) is 0 Å². The van der Waals surface area contributed by atoms with Gasteiger partial charge < -0.3 is 15.3 Å². The lowest BCUT2D eigenvalue weighted by molar-refractivity contribution is -0.355. The van der Waals surface area contributed by atoms with Crippen molar-refractivity contribution in [1.82, 2.24) is 5.32 Å². The molecule has 5 nitrogen and oxygen atoms in total. The second-order valence-electron chi connectivity index (χ2n) is 5.95. The van der Waals surface area contributed by atoms with E-state index in [2.05, 4.69) is 15.3 Å². The Bertz CT molecular complexity index is 898. The summed E-state index contributed by atoms with van der Waals surface area (Å²) in [5.74, 6) is -4.63. The van der Waals surface area contributed by atoms with E-state index in [4.69, 9.17) is 0 Å². The van der Waals surface area contributed by atoms with Crippen molar-refractivity contribution in [1.29, 1.82) is 0 Å². The van der Waals surface area contributed by atoms with E-state index in [0.29, 0.717) is 11.1 Å². The first kappa shape index (κ1) is 18.8. The number of carbonyl (C=O) groups excluding carboxylic acids is 1. The first-order valence-electron chi connectivity index (χ1n) is 7.86. The number of halogens is 4. The Kier molecular flexibility index (Phi) is 4.88. The van der Waals surface area contributed by atoms with Gasteiger partial charge in [0, 0.05) is 6.54 Å². The molecule has 142 valence electrons. The van der Waals surface area contributed by atoms with E-state index in [0.717, 1.165) is 6.07 Å². The Morgan fingerprint density at radius 3 is 2.63 bits per heavy atom. The number of rotatable bonds is 4. The lowest BCUT2D eigenvalue weighted by atomic mass is 10.0. The van der Waals surface area contributed by atoms with Gasteiger partial charge in [0.05, 0.1) is 17.7 Å². The van der Waals surface area contributed by atoms with Gasteiger partial charge in [-0.25, -0.2) is 4.39 Å². The van der Waals surface area contributed by atoms with Crippen molar-refractivity contribution in [2.45, 2.75) is 24.9 Å². The minimum absolute atomic E-state index is 0.0265. The van der Waals surface area contributed by atoms with Gasteiger partial charge >= 0.3 is 12.0 Å². The highest BCUT2D eigenvalue weighted by molar-refractivity contribution is 6.01. The molecule has 1 atom stereocenters. The highest BCUT2D eigenvalue weighted by Gasteiger charge is 2.60. The number of aliphatic hydroxyl groups is 1. The highest BCUT2D eigenvalue weighted by Crippen LogP contribution is 2.38. The molecule has 0 radical (unpaired) electrons. The molecule has 2 N–H and O–H groups in total. The number of nitrogens with zero attached hydrogens (tertiary/aromatic N) is 1. The zero-order valence-electron chi connectivity index (χ0n) is 13.8. The maximum absolute atomic E-state index is 13.6. The summed E-state index contributed by atoms with van der Waals surface area (Å²) in [6.45, 7) is 0.0265. The van der Waals surface area contributed by atoms with E-state index in [-0.39, 0.29) is 17.8 Å². The van der Waals surface area contributed by atoms with Gasteiger partial charge in [0.15, 0.2) is 0 Å². The van der Waals surface area contributed by atoms with Crippen molar-refractivity contribution < 1.29 is 32.3 Å². The van der Waals surface area contributed by atoms with Crippen LogP contribution in [0.2, 0.25) is 0 Å². The van der Waals surface area contributed by atoms with E-state index in [9.17, 15) is 27.5 Å². The fourth-order valence-electron chi connectivity index (χ4n) is 2.51. The normalized spacial score (nSPS) is 19.4. The average Bonchev–Trinajstić information content (AvgIpc) is 3.04. The maximum atomic E-state index is 13.6. The van der Waals surface area contributed by atoms with Crippen LogP contribution in [0.25, 0.3) is 0 Å². The predicted octanol–water partition coefficient (Wildman–Crippen LogP) is 3.13. The van der Waals surface area contributed by atoms with E-state index in [1.165, 1.54) is 30.3 Å². The third-order valence-electron chi connectivity index (χ3n) is 3.99. The van der Waals surface area contributed by atoms with Crippen LogP contribution in [-0.4, -0.2) is 28.7 Å². The quantitative estimate of drug-likeness (QED) is 0.799. The molecule has 0 spiro atoms. The Balaban J connectivity index is 1.68. The van der Waals surface area contributed by atoms with Crippen LogP contribution >= 0.6 is 0 Å². The smallest absolute Gasteiger partial charge is 0.350 e. The van der Waals surface area contributed by atoms with Gasteiger partial charge in [0.1, 0.15) is 5.82 Å². The molecule has 1 aliphatic heterocycles. The third-order valence-corrected chi connectivity index (χ3v) is 3.99. The first-order valence-corrected chi connectivity index (χ1v) is 7.86. The maximum Gasteiger partial charge on any atom is 0.458 e. The van der Waals surface area contributed by atoms with Gasteiger partial charge in [-0.1, -0.05) is 35.5 Å². The lowest BCUT2D eigenvalue weighted by Gasteiger charge is -2.22. The van der Waals surface area contributed by atoms with Crippen LogP contribution in [0.1, 0.15) is 27.9 Å². The summed E-state index contributed by atoms with van der Waals surface area (Å²) in [4.78, 5) is 16.2. The minimum Gasteiger partial charge on any atom is -0.350 e. The molecule has 1 aliphatic rings. The summed E-state index contributed by atoms with van der Waals surface area (Å²) in [5, 5.41) is 15.4. The van der Waals surface area contributed by atoms with E-state index in [1.807, 2.05) is 0 Å². The number of alkyl halides is 3. The zero-order valence-corrected chi connectivity index (χ0v) is 13.8. The molecule has 0 saturated heterocycles. The molecule has 0 bridgehead atoms. The number of nitrogens with one attached hydrogen (secondary N) is 1. The Labute approximate surface area is 151 Å². The molecular weight excluding hydrogens is 368 g/mol. The summed E-state index contributed by atoms with van der Waals surface area (Å²) >= 11 is 0. The monoisotopic (exact) mass is 382 g/mol. The number of carbonyl (C=O) groups is 1. The Morgan fingerprint density at radius 1 is 1.22 bits per heavy atom. The summed E-state index contributed by atoms with van der Waals surface area (Å²) in [6.07, 6.45) is -5.83. The molecule has 27 heavy (non-hydrogen) atoms. The molecule has 0 aromatic heterocycles. The molecule has 0 saturated carbocycles. The number of benzene rings is 2. The number of hydrogen-bond donors (Lipinski definition) is 2. The van der Waals surface area contributed by atoms with Crippen molar-refractivity contribution in [3.63, 3.8) is 0 Å². The van der Waals surface area contributed by atoms with Crippen LogP contribution in [-0.2, 0) is 11.4 Å². The minimum atomic E-state index is -4.98. The fraction of sp³-hybridized carbons (Fsp3) is 0.222. The second-order valence-corrected chi connectivity index (χ2v) is 5.95. The zero-order chi connectivity index (χ0) is 19.7. The van der Waals surface area contributed by atoms with Crippen LogP contribution in [0.4, 0.5) is 17.6 Å². The lowest BCUT2D eigenvalue weighted by Crippen LogP contribution is -2.45. The Hall–Kier alpha value is -2.94. The second kappa shape index (κ2) is 6.99. The van der Waals surface area contributed by atoms with E-state index in [1.54, 1.807) is 12.1 Å². The molecule has 3 rings (SSSR count). The van der Waals surface area contributed by atoms with Crippen LogP contribution in [0.15, 0.2) is 53.7 Å². The molecule has 1 amide bonds. The molecule has 2 aromatic rings. The van der Waals surface area contributed by atoms with Gasteiger partial charge in [-0.2, -0.15) is 13.2 Å². The van der Waals surface area contributed by atoms with E-state index < -0.39 is 30.1 Å². The topological polar surface area (TPSA) is 70.9 Å². The van der Waals surface area contributed by atoms with Gasteiger partial charge in [0.25, 0.3) is 5.91 Å². The molecule has 2 aromatic carbocycles. The van der Waals surface area contributed by atoms with Crippen molar-refractivity contribution in [3.8, 4) is 0 Å². The van der Waals surface area contributed by atoms with Crippen molar-refractivity contribution in [2.75, 3.05) is 0 Å². The van der Waals surface area contributed by atoms with Crippen LogP contribution < -0.4 is 5.32 Å². The highest BCUT2D eigenvalue weighted by atomic mass is 19.4. The average molecular weight is 382 g/mol. The standard InChI is InChI=1S/C18H14F4N2O3/c19-14-7-2-1-6-13(14)16(25)23-10-11-4-3-5-12(8-11)15-9-17(26,27-24-15)18(20,21)22/h1-8,26H,9-10H2,(H,23,25). The third kappa shape index (κ3) is 3.92. The molecule has 9 heteroatoms. The summed E-state index contributed by atoms with van der Waals surface area (Å²) in [5.41, 5.74) is 0.685. The fourth-order valence-corrected chi connectivity index (χ4v) is 2.51. The van der Waals surface area contributed by atoms with Gasteiger partial charge in [-0.15, -0.1) is 0 Å². The largest absolute Gasteiger partial charge is 0.458 e. The van der Waals surface area contributed by atoms with Crippen LogP contribution in [0, 0.1) is 5.82 Å². The summed E-state index contributed by atoms with van der Waals surface area (Å²) in [6, 6.07) is 11.7. The number of amides is 1. The molecule has 0 aliphatic carbocycles. The van der Waals surface area contributed by atoms with Gasteiger partial charge in [-0.3, -0.25) is 4.79 Å². The van der Waals surface area contributed by atoms with Crippen molar-refractivity contribution in [2.24, 2.45) is 5.16 Å².